The van der Waals surface area contributed by atoms with Gasteiger partial charge in [0.15, 0.2) is 11.6 Å². The molecule has 1 aromatic carbocycles. The molecule has 3 heterocycles. The highest BCUT2D eigenvalue weighted by Crippen LogP contribution is 2.21. The van der Waals surface area contributed by atoms with Crippen LogP contribution in [0, 0.1) is 11.6 Å². The van der Waals surface area contributed by atoms with Gasteiger partial charge in [0.1, 0.15) is 12.0 Å². The standard InChI is InChI=1S/C17H14F3N5O/c18-11-3-5-25(8-11)17(26)23-15-4-6-24-9-14(21-16(24)22-15)10-1-2-12(19)13(20)7-10/h1-2,4,6-7,9,11H,3,5,8H2,(H,21,22,23,26). The van der Waals surface area contributed by atoms with Gasteiger partial charge in [-0.2, -0.15) is 4.98 Å². The second kappa shape index (κ2) is 6.32. The van der Waals surface area contributed by atoms with E-state index in [0.717, 1.165) is 12.1 Å². The van der Waals surface area contributed by atoms with Crippen molar-refractivity contribution in [3.8, 4) is 11.3 Å². The lowest BCUT2D eigenvalue weighted by molar-refractivity contribution is 0.217. The van der Waals surface area contributed by atoms with E-state index in [-0.39, 0.29) is 18.1 Å². The topological polar surface area (TPSA) is 62.5 Å². The van der Waals surface area contributed by atoms with Gasteiger partial charge in [-0.3, -0.25) is 9.72 Å². The molecule has 1 atom stereocenters. The number of nitrogens with zero attached hydrogens (tertiary/aromatic N) is 4. The molecule has 0 saturated carbocycles. The van der Waals surface area contributed by atoms with E-state index >= 15 is 0 Å². The van der Waals surface area contributed by atoms with Gasteiger partial charge < -0.3 is 4.90 Å². The molecule has 0 radical (unpaired) electrons. The number of aromatic nitrogens is 3. The van der Waals surface area contributed by atoms with Crippen molar-refractivity contribution >= 4 is 17.6 Å². The summed E-state index contributed by atoms with van der Waals surface area (Å²) in [6, 6.07) is 4.66. The molecular formula is C17H14F3N5O. The van der Waals surface area contributed by atoms with Crippen LogP contribution in [0.15, 0.2) is 36.7 Å². The molecular weight excluding hydrogens is 347 g/mol. The number of likely N-dealkylation sites (tertiary alicyclic amines) is 1. The summed E-state index contributed by atoms with van der Waals surface area (Å²) < 4.78 is 41.3. The summed E-state index contributed by atoms with van der Waals surface area (Å²) in [6.07, 6.45) is 2.59. The van der Waals surface area contributed by atoms with Crippen molar-refractivity contribution in [3.05, 3.63) is 48.3 Å². The highest BCUT2D eigenvalue weighted by atomic mass is 19.2. The number of rotatable bonds is 2. The number of urea groups is 1. The average molecular weight is 361 g/mol. The molecule has 1 saturated heterocycles. The van der Waals surface area contributed by atoms with Crippen LogP contribution in [0.5, 0.6) is 0 Å². The van der Waals surface area contributed by atoms with E-state index in [2.05, 4.69) is 15.3 Å². The molecule has 6 nitrogen and oxygen atoms in total. The van der Waals surface area contributed by atoms with Crippen LogP contribution in [0.1, 0.15) is 6.42 Å². The number of halogens is 3. The Bertz CT molecular complexity index is 990. The van der Waals surface area contributed by atoms with E-state index in [9.17, 15) is 18.0 Å². The molecule has 0 spiro atoms. The molecule has 3 aromatic rings. The van der Waals surface area contributed by atoms with Crippen LogP contribution in [-0.2, 0) is 0 Å². The zero-order valence-electron chi connectivity index (χ0n) is 13.5. The molecule has 9 heteroatoms. The maximum atomic E-state index is 13.4. The van der Waals surface area contributed by atoms with E-state index in [1.54, 1.807) is 22.9 Å². The molecule has 4 rings (SSSR count). The summed E-state index contributed by atoms with van der Waals surface area (Å²) in [4.78, 5) is 22.0. The lowest BCUT2D eigenvalue weighted by atomic mass is 10.1. The predicted molar refractivity (Wildman–Crippen MR) is 88.4 cm³/mol. The number of hydrogen-bond acceptors (Lipinski definition) is 3. The summed E-state index contributed by atoms with van der Waals surface area (Å²) in [6.45, 7) is 0.427. The van der Waals surface area contributed by atoms with Gasteiger partial charge in [-0.15, -0.1) is 0 Å². The number of benzene rings is 1. The Balaban J connectivity index is 1.57. The Morgan fingerprint density at radius 1 is 1.19 bits per heavy atom. The maximum absolute atomic E-state index is 13.4. The second-order valence-electron chi connectivity index (χ2n) is 6.04. The number of nitrogens with one attached hydrogen (secondary N) is 1. The molecule has 1 N–H and O–H groups in total. The first-order valence-corrected chi connectivity index (χ1v) is 8.01. The summed E-state index contributed by atoms with van der Waals surface area (Å²) in [5.41, 5.74) is 0.825. The van der Waals surface area contributed by atoms with Gasteiger partial charge in [-0.25, -0.2) is 22.9 Å². The zero-order chi connectivity index (χ0) is 18.3. The molecule has 26 heavy (non-hydrogen) atoms. The summed E-state index contributed by atoms with van der Waals surface area (Å²) >= 11 is 0. The minimum absolute atomic E-state index is 0.0672. The smallest absolute Gasteiger partial charge is 0.321 e. The number of anilines is 1. The highest BCUT2D eigenvalue weighted by Gasteiger charge is 2.26. The number of carbonyl (C=O) groups excluding carboxylic acids is 1. The van der Waals surface area contributed by atoms with E-state index < -0.39 is 23.8 Å². The minimum atomic E-state index is -0.998. The molecule has 1 unspecified atom stereocenters. The second-order valence-corrected chi connectivity index (χ2v) is 6.04. The lowest BCUT2D eigenvalue weighted by Crippen LogP contribution is -2.33. The Kier molecular flexibility index (Phi) is 3.98. The molecule has 1 aliphatic heterocycles. The fourth-order valence-electron chi connectivity index (χ4n) is 2.83. The molecule has 1 aliphatic rings. The Labute approximate surface area is 146 Å². The van der Waals surface area contributed by atoms with Crippen LogP contribution in [-0.4, -0.2) is 44.6 Å². The van der Waals surface area contributed by atoms with Gasteiger partial charge in [0, 0.05) is 24.5 Å². The third-order valence-electron chi connectivity index (χ3n) is 4.19. The van der Waals surface area contributed by atoms with E-state index in [1.165, 1.54) is 11.0 Å². The molecule has 134 valence electrons. The van der Waals surface area contributed by atoms with E-state index in [4.69, 9.17) is 0 Å². The first-order chi connectivity index (χ1) is 12.5. The van der Waals surface area contributed by atoms with Crippen molar-refractivity contribution in [3.63, 3.8) is 0 Å². The minimum Gasteiger partial charge on any atom is -0.321 e. The first-order valence-electron chi connectivity index (χ1n) is 8.01. The third kappa shape index (κ3) is 3.07. The van der Waals surface area contributed by atoms with Crippen molar-refractivity contribution in [1.82, 2.24) is 19.3 Å². The van der Waals surface area contributed by atoms with Crippen molar-refractivity contribution in [2.75, 3.05) is 18.4 Å². The van der Waals surface area contributed by atoms with Crippen LogP contribution >= 0.6 is 0 Å². The Hall–Kier alpha value is -3.10. The predicted octanol–water partition coefficient (Wildman–Crippen LogP) is 3.25. The van der Waals surface area contributed by atoms with Gasteiger partial charge in [-0.05, 0) is 30.7 Å². The summed E-state index contributed by atoms with van der Waals surface area (Å²) in [5, 5.41) is 2.61. The fraction of sp³-hybridized carbons (Fsp3) is 0.235. The largest absolute Gasteiger partial charge is 0.323 e. The van der Waals surface area contributed by atoms with E-state index in [0.29, 0.717) is 24.2 Å². The van der Waals surface area contributed by atoms with Crippen LogP contribution in [0.4, 0.5) is 23.8 Å². The van der Waals surface area contributed by atoms with Gasteiger partial charge in [0.05, 0.1) is 12.2 Å². The van der Waals surface area contributed by atoms with Crippen molar-refractivity contribution in [2.24, 2.45) is 0 Å². The summed E-state index contributed by atoms with van der Waals surface area (Å²) in [5.74, 6) is -1.34. The van der Waals surface area contributed by atoms with Crippen molar-refractivity contribution in [2.45, 2.75) is 12.6 Å². The molecule has 2 aromatic heterocycles. The molecule has 1 fully saturated rings. The van der Waals surface area contributed by atoms with E-state index in [1.807, 2.05) is 0 Å². The first kappa shape index (κ1) is 16.4. The quantitative estimate of drug-likeness (QED) is 0.762. The number of carbonyl (C=O) groups is 1. The number of alkyl halides is 1. The molecule has 0 aliphatic carbocycles. The number of hydrogen-bond donors (Lipinski definition) is 1. The molecule has 2 amide bonds. The van der Waals surface area contributed by atoms with Gasteiger partial charge >= 0.3 is 6.03 Å². The Morgan fingerprint density at radius 3 is 2.77 bits per heavy atom. The van der Waals surface area contributed by atoms with Crippen LogP contribution in [0.25, 0.3) is 17.0 Å². The number of imidazole rings is 1. The zero-order valence-corrected chi connectivity index (χ0v) is 13.5. The number of fused-ring (bicyclic) bond motifs is 1. The average Bonchev–Trinajstić information content (AvgIpc) is 3.23. The van der Waals surface area contributed by atoms with Crippen LogP contribution in [0.2, 0.25) is 0 Å². The maximum Gasteiger partial charge on any atom is 0.323 e. The van der Waals surface area contributed by atoms with Crippen molar-refractivity contribution < 1.29 is 18.0 Å². The summed E-state index contributed by atoms with van der Waals surface area (Å²) in [7, 11) is 0. The third-order valence-corrected chi connectivity index (χ3v) is 4.19. The molecule has 0 bridgehead atoms. The van der Waals surface area contributed by atoms with Gasteiger partial charge in [0.25, 0.3) is 0 Å². The SMILES string of the molecule is O=C(Nc1ccn2cc(-c3ccc(F)c(F)c3)nc2n1)N1CCC(F)C1. The lowest BCUT2D eigenvalue weighted by Gasteiger charge is -2.15. The number of amides is 2. The normalized spacial score (nSPS) is 17.0. The van der Waals surface area contributed by atoms with Crippen LogP contribution < -0.4 is 5.32 Å². The fourth-order valence-corrected chi connectivity index (χ4v) is 2.83. The highest BCUT2D eigenvalue weighted by molar-refractivity contribution is 5.88. The Morgan fingerprint density at radius 2 is 2.04 bits per heavy atom. The van der Waals surface area contributed by atoms with Crippen molar-refractivity contribution in [1.29, 1.82) is 0 Å². The van der Waals surface area contributed by atoms with Gasteiger partial charge in [-0.1, -0.05) is 0 Å². The van der Waals surface area contributed by atoms with Gasteiger partial charge in [0.2, 0.25) is 5.78 Å². The van der Waals surface area contributed by atoms with Crippen LogP contribution in [0.3, 0.4) is 0 Å². The monoisotopic (exact) mass is 361 g/mol.